The van der Waals surface area contributed by atoms with Crippen LogP contribution in [-0.2, 0) is 11.2 Å². The van der Waals surface area contributed by atoms with Crippen molar-refractivity contribution in [3.8, 4) is 0 Å². The Morgan fingerprint density at radius 2 is 2.37 bits per heavy atom. The molecule has 2 fully saturated rings. The number of halogens is 1. The number of benzene rings is 1. The highest BCUT2D eigenvalue weighted by molar-refractivity contribution is 5.17. The van der Waals surface area contributed by atoms with Gasteiger partial charge in [0, 0.05) is 19.0 Å². The third-order valence-electron chi connectivity index (χ3n) is 4.18. The van der Waals surface area contributed by atoms with Crippen LogP contribution in [0.2, 0.25) is 0 Å². The molecule has 0 spiro atoms. The molecule has 0 bridgehead atoms. The number of hydrogen-bond acceptors (Lipinski definition) is 3. The van der Waals surface area contributed by atoms with Crippen molar-refractivity contribution in [1.29, 1.82) is 0 Å². The Morgan fingerprint density at radius 1 is 1.47 bits per heavy atom. The van der Waals surface area contributed by atoms with Gasteiger partial charge in [-0.15, -0.1) is 0 Å². The van der Waals surface area contributed by atoms with Crippen LogP contribution in [0, 0.1) is 5.82 Å². The molecule has 2 heterocycles. The first kappa shape index (κ1) is 13.0. The molecular weight excluding hydrogens is 245 g/mol. The Morgan fingerprint density at radius 3 is 3.21 bits per heavy atom. The maximum atomic E-state index is 13.1. The number of morpholine rings is 1. The van der Waals surface area contributed by atoms with Gasteiger partial charge in [-0.3, -0.25) is 4.90 Å². The van der Waals surface area contributed by atoms with E-state index in [2.05, 4.69) is 4.90 Å². The largest absolute Gasteiger partial charge is 0.390 e. The van der Waals surface area contributed by atoms with Gasteiger partial charge in [0.2, 0.25) is 0 Å². The topological polar surface area (TPSA) is 32.7 Å². The third kappa shape index (κ3) is 2.96. The molecule has 1 N–H and O–H groups in total. The summed E-state index contributed by atoms with van der Waals surface area (Å²) in [6.07, 6.45) is 2.15. The van der Waals surface area contributed by atoms with E-state index >= 15 is 0 Å². The SMILES string of the molecule is OC(Cc1cccc(F)c1)C1CN2CCCC2CO1. The molecule has 4 heteroatoms. The van der Waals surface area contributed by atoms with Gasteiger partial charge in [-0.2, -0.15) is 0 Å². The van der Waals surface area contributed by atoms with Crippen LogP contribution in [-0.4, -0.2) is 48.0 Å². The summed E-state index contributed by atoms with van der Waals surface area (Å²) in [5, 5.41) is 10.3. The third-order valence-corrected chi connectivity index (χ3v) is 4.18. The number of ether oxygens (including phenoxy) is 1. The van der Waals surface area contributed by atoms with Crippen molar-refractivity contribution in [3.05, 3.63) is 35.6 Å². The highest BCUT2D eigenvalue weighted by Crippen LogP contribution is 2.24. The van der Waals surface area contributed by atoms with Gasteiger partial charge in [-0.25, -0.2) is 4.39 Å². The summed E-state index contributed by atoms with van der Waals surface area (Å²) < 4.78 is 18.9. The van der Waals surface area contributed by atoms with Gasteiger partial charge in [-0.1, -0.05) is 12.1 Å². The van der Waals surface area contributed by atoms with Crippen LogP contribution in [0.5, 0.6) is 0 Å². The van der Waals surface area contributed by atoms with Crippen molar-refractivity contribution in [1.82, 2.24) is 4.90 Å². The van der Waals surface area contributed by atoms with Gasteiger partial charge in [0.25, 0.3) is 0 Å². The molecule has 104 valence electrons. The molecule has 1 aromatic rings. The minimum Gasteiger partial charge on any atom is -0.390 e. The average molecular weight is 265 g/mol. The fraction of sp³-hybridized carbons (Fsp3) is 0.600. The lowest BCUT2D eigenvalue weighted by atomic mass is 10.0. The second-order valence-corrected chi connectivity index (χ2v) is 5.56. The van der Waals surface area contributed by atoms with Crippen LogP contribution < -0.4 is 0 Å². The summed E-state index contributed by atoms with van der Waals surface area (Å²) >= 11 is 0. The van der Waals surface area contributed by atoms with E-state index in [9.17, 15) is 9.50 Å². The van der Waals surface area contributed by atoms with Crippen LogP contribution in [0.15, 0.2) is 24.3 Å². The van der Waals surface area contributed by atoms with Crippen molar-refractivity contribution < 1.29 is 14.2 Å². The Hall–Kier alpha value is -0.970. The molecule has 2 aliphatic rings. The van der Waals surface area contributed by atoms with Gasteiger partial charge in [0.05, 0.1) is 18.8 Å². The Bertz CT molecular complexity index is 440. The Labute approximate surface area is 113 Å². The summed E-state index contributed by atoms with van der Waals surface area (Å²) in [4.78, 5) is 2.41. The molecule has 2 saturated heterocycles. The lowest BCUT2D eigenvalue weighted by molar-refractivity contribution is -0.101. The van der Waals surface area contributed by atoms with Crippen LogP contribution in [0.25, 0.3) is 0 Å². The zero-order chi connectivity index (χ0) is 13.2. The molecule has 3 rings (SSSR count). The highest BCUT2D eigenvalue weighted by atomic mass is 19.1. The zero-order valence-corrected chi connectivity index (χ0v) is 11.0. The first-order valence-electron chi connectivity index (χ1n) is 7.00. The van der Waals surface area contributed by atoms with E-state index in [1.165, 1.54) is 25.0 Å². The predicted molar refractivity (Wildman–Crippen MR) is 70.4 cm³/mol. The van der Waals surface area contributed by atoms with E-state index < -0.39 is 6.10 Å². The second kappa shape index (κ2) is 5.57. The molecular formula is C15H20FNO2. The number of nitrogens with zero attached hydrogens (tertiary/aromatic N) is 1. The summed E-state index contributed by atoms with van der Waals surface area (Å²) in [5.41, 5.74) is 0.819. The number of rotatable bonds is 3. The quantitative estimate of drug-likeness (QED) is 0.901. The molecule has 19 heavy (non-hydrogen) atoms. The molecule has 0 aromatic heterocycles. The van der Waals surface area contributed by atoms with Crippen molar-refractivity contribution in [2.75, 3.05) is 19.7 Å². The molecule has 0 amide bonds. The number of hydrogen-bond donors (Lipinski definition) is 1. The lowest BCUT2D eigenvalue weighted by Gasteiger charge is -2.37. The van der Waals surface area contributed by atoms with Gasteiger partial charge >= 0.3 is 0 Å². The van der Waals surface area contributed by atoms with E-state index in [-0.39, 0.29) is 11.9 Å². The summed E-state index contributed by atoms with van der Waals surface area (Å²) in [6.45, 7) is 2.61. The van der Waals surface area contributed by atoms with Crippen LogP contribution in [0.3, 0.4) is 0 Å². The summed E-state index contributed by atoms with van der Waals surface area (Å²) in [6, 6.07) is 6.95. The smallest absolute Gasteiger partial charge is 0.123 e. The van der Waals surface area contributed by atoms with Gasteiger partial charge < -0.3 is 9.84 Å². The van der Waals surface area contributed by atoms with Gasteiger partial charge in [-0.05, 0) is 37.1 Å². The Balaban J connectivity index is 1.59. The fourth-order valence-electron chi connectivity index (χ4n) is 3.11. The Kier molecular flexibility index (Phi) is 3.82. The first-order valence-corrected chi connectivity index (χ1v) is 7.00. The molecule has 3 nitrogen and oxygen atoms in total. The molecule has 0 radical (unpaired) electrons. The maximum Gasteiger partial charge on any atom is 0.123 e. The van der Waals surface area contributed by atoms with Crippen molar-refractivity contribution in [2.45, 2.75) is 37.5 Å². The molecule has 3 atom stereocenters. The normalized spacial score (nSPS) is 29.2. The van der Waals surface area contributed by atoms with Crippen molar-refractivity contribution >= 4 is 0 Å². The summed E-state index contributed by atoms with van der Waals surface area (Å²) in [7, 11) is 0. The highest BCUT2D eigenvalue weighted by Gasteiger charge is 2.35. The van der Waals surface area contributed by atoms with Gasteiger partial charge in [0.15, 0.2) is 0 Å². The van der Waals surface area contributed by atoms with Crippen molar-refractivity contribution in [2.24, 2.45) is 0 Å². The standard InChI is InChI=1S/C15H20FNO2/c16-12-4-1-3-11(7-12)8-14(18)15-9-17-6-2-5-13(17)10-19-15/h1,3-4,7,13-15,18H,2,5-6,8-10H2. The van der Waals surface area contributed by atoms with Crippen LogP contribution in [0.1, 0.15) is 18.4 Å². The molecule has 1 aromatic carbocycles. The number of aliphatic hydroxyl groups is 1. The minimum absolute atomic E-state index is 0.155. The maximum absolute atomic E-state index is 13.1. The zero-order valence-electron chi connectivity index (χ0n) is 11.0. The second-order valence-electron chi connectivity index (χ2n) is 5.56. The molecule has 3 unspecified atom stereocenters. The van der Waals surface area contributed by atoms with E-state index in [1.807, 2.05) is 6.07 Å². The van der Waals surface area contributed by atoms with E-state index in [1.54, 1.807) is 6.07 Å². The van der Waals surface area contributed by atoms with Crippen molar-refractivity contribution in [3.63, 3.8) is 0 Å². The predicted octanol–water partition coefficient (Wildman–Crippen LogP) is 1.59. The average Bonchev–Trinajstić information content (AvgIpc) is 2.85. The summed E-state index contributed by atoms with van der Waals surface area (Å²) in [5.74, 6) is -0.256. The van der Waals surface area contributed by atoms with Crippen LogP contribution in [0.4, 0.5) is 4.39 Å². The monoisotopic (exact) mass is 265 g/mol. The van der Waals surface area contributed by atoms with Gasteiger partial charge in [0.1, 0.15) is 5.82 Å². The lowest BCUT2D eigenvalue weighted by Crippen LogP contribution is -2.50. The fourth-order valence-corrected chi connectivity index (χ4v) is 3.11. The van der Waals surface area contributed by atoms with E-state index in [4.69, 9.17) is 4.74 Å². The number of fused-ring (bicyclic) bond motifs is 1. The molecule has 0 saturated carbocycles. The number of aliphatic hydroxyl groups excluding tert-OH is 1. The van der Waals surface area contributed by atoms with Crippen LogP contribution >= 0.6 is 0 Å². The first-order chi connectivity index (χ1) is 9.22. The molecule has 0 aliphatic carbocycles. The van der Waals surface area contributed by atoms with E-state index in [0.29, 0.717) is 19.1 Å². The minimum atomic E-state index is -0.566. The van der Waals surface area contributed by atoms with E-state index in [0.717, 1.165) is 18.7 Å². The molecule has 2 aliphatic heterocycles.